The highest BCUT2D eigenvalue weighted by Gasteiger charge is 2.12. The first-order valence-electron chi connectivity index (χ1n) is 3.98. The number of hydrogen-bond donors (Lipinski definition) is 1. The number of aromatic nitrogens is 2. The van der Waals surface area contributed by atoms with Crippen molar-refractivity contribution in [3.63, 3.8) is 0 Å². The molecule has 2 heterocycles. The molecule has 1 N–H and O–H groups in total. The van der Waals surface area contributed by atoms with Gasteiger partial charge in [0, 0.05) is 6.20 Å². The van der Waals surface area contributed by atoms with Gasteiger partial charge in [0.2, 0.25) is 0 Å². The molecule has 0 bridgehead atoms. The zero-order valence-corrected chi connectivity index (χ0v) is 8.92. The van der Waals surface area contributed by atoms with E-state index in [0.29, 0.717) is 15.7 Å². The fraction of sp³-hybridized carbons (Fsp3) is 0. The van der Waals surface area contributed by atoms with Crippen molar-refractivity contribution < 1.29 is 9.90 Å². The number of carboxylic acid groups (broad SMARTS) is 1. The zero-order valence-electron chi connectivity index (χ0n) is 7.35. The molecule has 0 saturated carbocycles. The highest BCUT2D eigenvalue weighted by Crippen LogP contribution is 2.28. The Morgan fingerprint density at radius 2 is 2.27 bits per heavy atom. The largest absolute Gasteiger partial charge is 0.477 e. The molecule has 0 saturated heterocycles. The average molecular weight is 241 g/mol. The van der Waals surface area contributed by atoms with Crippen molar-refractivity contribution in [3.8, 4) is 10.7 Å². The van der Waals surface area contributed by atoms with E-state index in [4.69, 9.17) is 16.7 Å². The number of rotatable bonds is 2. The Hall–Kier alpha value is -1.46. The standard InChI is InChI=1S/C9H5ClN2O2S/c10-5-2-1-3-11-7(5)8-12-4-6(15-8)9(13)14/h1-4H,(H,13,14). The van der Waals surface area contributed by atoms with Gasteiger partial charge in [0.05, 0.1) is 11.2 Å². The van der Waals surface area contributed by atoms with Gasteiger partial charge in [-0.1, -0.05) is 11.6 Å². The Kier molecular flexibility index (Phi) is 2.66. The minimum Gasteiger partial charge on any atom is -0.477 e. The molecule has 2 aromatic heterocycles. The van der Waals surface area contributed by atoms with Crippen LogP contribution < -0.4 is 0 Å². The van der Waals surface area contributed by atoms with Gasteiger partial charge >= 0.3 is 5.97 Å². The average Bonchev–Trinajstić information content (AvgIpc) is 2.67. The topological polar surface area (TPSA) is 63.1 Å². The van der Waals surface area contributed by atoms with Crippen LogP contribution in [0.5, 0.6) is 0 Å². The van der Waals surface area contributed by atoms with Crippen LogP contribution in [0.3, 0.4) is 0 Å². The van der Waals surface area contributed by atoms with Crippen LogP contribution in [-0.2, 0) is 0 Å². The van der Waals surface area contributed by atoms with Gasteiger partial charge in [0.1, 0.15) is 15.6 Å². The summed E-state index contributed by atoms with van der Waals surface area (Å²) in [5, 5.41) is 9.71. The molecule has 0 radical (unpaired) electrons. The van der Waals surface area contributed by atoms with Crippen LogP contribution in [0.15, 0.2) is 24.5 Å². The second-order valence-corrected chi connectivity index (χ2v) is 4.11. The van der Waals surface area contributed by atoms with Crippen LogP contribution in [0, 0.1) is 0 Å². The van der Waals surface area contributed by atoms with E-state index >= 15 is 0 Å². The lowest BCUT2D eigenvalue weighted by atomic mass is 10.4. The maximum atomic E-state index is 10.6. The van der Waals surface area contributed by atoms with Gasteiger partial charge in [0.15, 0.2) is 0 Å². The van der Waals surface area contributed by atoms with E-state index in [9.17, 15) is 4.79 Å². The molecular formula is C9H5ClN2O2S. The molecule has 6 heteroatoms. The second kappa shape index (κ2) is 3.96. The minimum absolute atomic E-state index is 0.173. The maximum absolute atomic E-state index is 10.6. The first-order chi connectivity index (χ1) is 7.18. The predicted molar refractivity (Wildman–Crippen MR) is 57.3 cm³/mol. The van der Waals surface area contributed by atoms with E-state index in [-0.39, 0.29) is 4.88 Å². The summed E-state index contributed by atoms with van der Waals surface area (Å²) >= 11 is 6.95. The van der Waals surface area contributed by atoms with Gasteiger partial charge in [-0.2, -0.15) is 0 Å². The minimum atomic E-state index is -0.995. The van der Waals surface area contributed by atoms with Crippen molar-refractivity contribution in [3.05, 3.63) is 34.4 Å². The summed E-state index contributed by atoms with van der Waals surface area (Å²) in [7, 11) is 0. The van der Waals surface area contributed by atoms with E-state index in [1.165, 1.54) is 6.20 Å². The molecule has 0 aliphatic rings. The molecule has 0 amide bonds. The Balaban J connectivity index is 2.46. The molecular weight excluding hydrogens is 236 g/mol. The van der Waals surface area contributed by atoms with Crippen LogP contribution in [-0.4, -0.2) is 21.0 Å². The van der Waals surface area contributed by atoms with Crippen LogP contribution in [0.2, 0.25) is 5.02 Å². The van der Waals surface area contributed by atoms with Gasteiger partial charge in [-0.25, -0.2) is 9.78 Å². The zero-order chi connectivity index (χ0) is 10.8. The molecule has 0 unspecified atom stereocenters. The summed E-state index contributed by atoms with van der Waals surface area (Å²) in [6, 6.07) is 3.39. The van der Waals surface area contributed by atoms with Gasteiger partial charge in [-0.3, -0.25) is 4.98 Å². The summed E-state index contributed by atoms with van der Waals surface area (Å²) in [6.07, 6.45) is 2.89. The van der Waals surface area contributed by atoms with Gasteiger partial charge in [0.25, 0.3) is 0 Å². The number of carbonyl (C=O) groups is 1. The Morgan fingerprint density at radius 1 is 1.47 bits per heavy atom. The maximum Gasteiger partial charge on any atom is 0.347 e. The molecule has 0 aliphatic heterocycles. The fourth-order valence-corrected chi connectivity index (χ4v) is 2.06. The number of hydrogen-bond acceptors (Lipinski definition) is 4. The number of halogens is 1. The first-order valence-corrected chi connectivity index (χ1v) is 5.18. The van der Waals surface area contributed by atoms with Crippen molar-refractivity contribution in [1.29, 1.82) is 0 Å². The molecule has 2 rings (SSSR count). The van der Waals surface area contributed by atoms with Crippen molar-refractivity contribution in [1.82, 2.24) is 9.97 Å². The molecule has 2 aromatic rings. The normalized spacial score (nSPS) is 10.2. The lowest BCUT2D eigenvalue weighted by Gasteiger charge is -1.96. The molecule has 0 atom stereocenters. The summed E-state index contributed by atoms with van der Waals surface area (Å²) in [6.45, 7) is 0. The van der Waals surface area contributed by atoms with Crippen molar-refractivity contribution in [2.75, 3.05) is 0 Å². The highest BCUT2D eigenvalue weighted by molar-refractivity contribution is 7.16. The fourth-order valence-electron chi connectivity index (χ4n) is 1.03. The van der Waals surface area contributed by atoms with Crippen molar-refractivity contribution >= 4 is 28.9 Å². The molecule has 0 fully saturated rings. The third-order valence-electron chi connectivity index (χ3n) is 1.68. The summed E-state index contributed by atoms with van der Waals surface area (Å²) in [5.41, 5.74) is 0.511. The number of pyridine rings is 1. The van der Waals surface area contributed by atoms with E-state index in [2.05, 4.69) is 9.97 Å². The van der Waals surface area contributed by atoms with E-state index < -0.39 is 5.97 Å². The molecule has 0 aromatic carbocycles. The van der Waals surface area contributed by atoms with E-state index in [1.807, 2.05) is 0 Å². The van der Waals surface area contributed by atoms with Gasteiger partial charge < -0.3 is 5.11 Å². The first kappa shape index (κ1) is 10.1. The van der Waals surface area contributed by atoms with E-state index in [0.717, 1.165) is 11.3 Å². The highest BCUT2D eigenvalue weighted by atomic mass is 35.5. The summed E-state index contributed by atoms with van der Waals surface area (Å²) in [5.74, 6) is -0.995. The Morgan fingerprint density at radius 3 is 2.87 bits per heavy atom. The Labute approximate surface area is 94.2 Å². The smallest absolute Gasteiger partial charge is 0.347 e. The summed E-state index contributed by atoms with van der Waals surface area (Å²) in [4.78, 5) is 18.8. The van der Waals surface area contributed by atoms with Crippen molar-refractivity contribution in [2.45, 2.75) is 0 Å². The monoisotopic (exact) mass is 240 g/mol. The quantitative estimate of drug-likeness (QED) is 0.876. The predicted octanol–water partition coefficient (Wildman–Crippen LogP) is 2.56. The Bertz CT molecular complexity index is 512. The number of carboxylic acids is 1. The summed E-state index contributed by atoms with van der Waals surface area (Å²) < 4.78 is 0. The molecule has 0 aliphatic carbocycles. The molecule has 0 spiro atoms. The third kappa shape index (κ3) is 1.98. The van der Waals surface area contributed by atoms with Crippen LogP contribution in [0.1, 0.15) is 9.67 Å². The van der Waals surface area contributed by atoms with Gasteiger partial charge in [-0.15, -0.1) is 11.3 Å². The molecule has 15 heavy (non-hydrogen) atoms. The molecule has 4 nitrogen and oxygen atoms in total. The third-order valence-corrected chi connectivity index (χ3v) is 2.97. The number of thiazole rings is 1. The molecule has 76 valence electrons. The number of aromatic carboxylic acids is 1. The van der Waals surface area contributed by atoms with Crippen molar-refractivity contribution in [2.24, 2.45) is 0 Å². The van der Waals surface area contributed by atoms with E-state index in [1.54, 1.807) is 18.3 Å². The SMILES string of the molecule is O=C(O)c1cnc(-c2ncccc2Cl)s1. The van der Waals surface area contributed by atoms with Crippen LogP contribution in [0.4, 0.5) is 0 Å². The van der Waals surface area contributed by atoms with Crippen LogP contribution >= 0.6 is 22.9 Å². The lowest BCUT2D eigenvalue weighted by molar-refractivity contribution is 0.0702. The second-order valence-electron chi connectivity index (χ2n) is 2.67. The number of nitrogens with zero attached hydrogens (tertiary/aromatic N) is 2. The van der Waals surface area contributed by atoms with Crippen LogP contribution in [0.25, 0.3) is 10.7 Å². The van der Waals surface area contributed by atoms with Gasteiger partial charge in [-0.05, 0) is 12.1 Å². The lowest BCUT2D eigenvalue weighted by Crippen LogP contribution is -1.89.